The maximum atomic E-state index is 6.38. The van der Waals surface area contributed by atoms with Crippen molar-refractivity contribution >= 4 is 0 Å². The number of benzene rings is 1. The van der Waals surface area contributed by atoms with Gasteiger partial charge in [-0.2, -0.15) is 0 Å². The second kappa shape index (κ2) is 6.10. The lowest BCUT2D eigenvalue weighted by Crippen LogP contribution is -2.52. The van der Waals surface area contributed by atoms with Crippen LogP contribution in [0, 0.1) is 19.8 Å². The number of hydrogen-bond acceptors (Lipinski definition) is 2. The molecule has 0 amide bonds. The van der Waals surface area contributed by atoms with Gasteiger partial charge in [-0.25, -0.2) is 0 Å². The second-order valence-electron chi connectivity index (χ2n) is 7.42. The normalized spacial score (nSPS) is 29.1. The minimum atomic E-state index is 0.327. The quantitative estimate of drug-likeness (QED) is 0.919. The Hall–Kier alpha value is -0.860. The highest BCUT2D eigenvalue weighted by Crippen LogP contribution is 2.35. The maximum absolute atomic E-state index is 6.38. The van der Waals surface area contributed by atoms with Crippen LogP contribution < -0.4 is 5.73 Å². The van der Waals surface area contributed by atoms with Crippen LogP contribution in [-0.2, 0) is 0 Å². The maximum Gasteiger partial charge on any atom is 0.0174 e. The van der Waals surface area contributed by atoms with Crippen molar-refractivity contribution in [3.05, 3.63) is 34.9 Å². The molecule has 0 bridgehead atoms. The molecule has 21 heavy (non-hydrogen) atoms. The lowest BCUT2D eigenvalue weighted by atomic mass is 9.78. The third-order valence-electron chi connectivity index (χ3n) is 5.92. The van der Waals surface area contributed by atoms with Crippen LogP contribution in [0.1, 0.15) is 55.2 Å². The average molecular weight is 286 g/mol. The molecule has 3 rings (SSSR count). The van der Waals surface area contributed by atoms with E-state index in [2.05, 4.69) is 43.9 Å². The molecule has 0 aromatic heterocycles. The van der Waals surface area contributed by atoms with Crippen molar-refractivity contribution in [3.8, 4) is 0 Å². The first-order chi connectivity index (χ1) is 10.0. The molecule has 3 unspecified atom stereocenters. The Labute approximate surface area is 129 Å². The van der Waals surface area contributed by atoms with Gasteiger partial charge in [-0.1, -0.05) is 24.6 Å². The monoisotopic (exact) mass is 286 g/mol. The van der Waals surface area contributed by atoms with Gasteiger partial charge in [0, 0.05) is 25.2 Å². The molecule has 3 atom stereocenters. The smallest absolute Gasteiger partial charge is 0.0174 e. The van der Waals surface area contributed by atoms with Crippen LogP contribution in [0.5, 0.6) is 0 Å². The minimum absolute atomic E-state index is 0.327. The van der Waals surface area contributed by atoms with E-state index in [4.69, 9.17) is 5.73 Å². The minimum Gasteiger partial charge on any atom is -0.327 e. The number of likely N-dealkylation sites (tertiary alicyclic amines) is 1. The Morgan fingerprint density at radius 3 is 2.52 bits per heavy atom. The van der Waals surface area contributed by atoms with E-state index in [0.717, 1.165) is 18.9 Å². The molecule has 1 heterocycles. The fourth-order valence-electron chi connectivity index (χ4n) is 3.99. The molecule has 2 aliphatic rings. The van der Waals surface area contributed by atoms with Gasteiger partial charge in [-0.15, -0.1) is 0 Å². The lowest BCUT2D eigenvalue weighted by molar-refractivity contribution is 0.0738. The topological polar surface area (TPSA) is 29.3 Å². The molecule has 1 saturated carbocycles. The Bertz CT molecular complexity index is 492. The van der Waals surface area contributed by atoms with Crippen molar-refractivity contribution in [2.75, 3.05) is 13.1 Å². The van der Waals surface area contributed by atoms with Crippen LogP contribution in [0.15, 0.2) is 18.2 Å². The van der Waals surface area contributed by atoms with E-state index in [1.165, 1.54) is 42.5 Å². The van der Waals surface area contributed by atoms with Crippen molar-refractivity contribution in [1.82, 2.24) is 4.90 Å². The van der Waals surface area contributed by atoms with Crippen molar-refractivity contribution in [2.45, 2.75) is 64.5 Å². The highest BCUT2D eigenvalue weighted by atomic mass is 15.2. The zero-order valence-electron chi connectivity index (χ0n) is 13.8. The molecule has 1 aromatic carbocycles. The fourth-order valence-corrected chi connectivity index (χ4v) is 3.99. The second-order valence-corrected chi connectivity index (χ2v) is 7.42. The molecule has 2 nitrogen and oxygen atoms in total. The molecule has 1 aliphatic heterocycles. The summed E-state index contributed by atoms with van der Waals surface area (Å²) in [4.78, 5) is 2.66. The summed E-state index contributed by atoms with van der Waals surface area (Å²) < 4.78 is 0. The number of hydrogen-bond donors (Lipinski definition) is 1. The third-order valence-corrected chi connectivity index (χ3v) is 5.92. The molecule has 1 aromatic rings. The Balaban J connectivity index is 1.74. The number of rotatable bonds is 3. The number of nitrogens with two attached hydrogens (primary N) is 1. The summed E-state index contributed by atoms with van der Waals surface area (Å²) >= 11 is 0. The molecule has 1 saturated heterocycles. The molecule has 0 radical (unpaired) electrons. The molecule has 2 N–H and O–H groups in total. The van der Waals surface area contributed by atoms with Crippen LogP contribution in [0.2, 0.25) is 0 Å². The largest absolute Gasteiger partial charge is 0.327 e. The summed E-state index contributed by atoms with van der Waals surface area (Å²) in [6.07, 6.45) is 5.40. The van der Waals surface area contributed by atoms with Crippen LogP contribution in [0.25, 0.3) is 0 Å². The molecule has 0 spiro atoms. The van der Waals surface area contributed by atoms with Gasteiger partial charge in [0.25, 0.3) is 0 Å². The van der Waals surface area contributed by atoms with Crippen molar-refractivity contribution in [2.24, 2.45) is 11.7 Å². The van der Waals surface area contributed by atoms with E-state index < -0.39 is 0 Å². The van der Waals surface area contributed by atoms with Gasteiger partial charge in [0.2, 0.25) is 0 Å². The van der Waals surface area contributed by atoms with E-state index in [1.807, 2.05) is 0 Å². The SMILES string of the molecule is Cc1ccc(C2CC(N)CN(C(C)C3CCC3)C2)cc1C. The molecule has 2 fully saturated rings. The van der Waals surface area contributed by atoms with E-state index in [1.54, 1.807) is 0 Å². The standard InChI is InChI=1S/C19H30N2/c1-13-7-8-17(9-14(13)2)18-10-19(20)12-21(11-18)15(3)16-5-4-6-16/h7-9,15-16,18-19H,4-6,10-12,20H2,1-3H3. The van der Waals surface area contributed by atoms with Crippen molar-refractivity contribution in [1.29, 1.82) is 0 Å². The fraction of sp³-hybridized carbons (Fsp3) is 0.684. The highest BCUT2D eigenvalue weighted by molar-refractivity contribution is 5.32. The van der Waals surface area contributed by atoms with E-state index in [0.29, 0.717) is 18.0 Å². The number of aryl methyl sites for hydroxylation is 2. The molecule has 116 valence electrons. The summed E-state index contributed by atoms with van der Waals surface area (Å²) in [5.41, 5.74) is 10.7. The van der Waals surface area contributed by atoms with Gasteiger partial charge >= 0.3 is 0 Å². The van der Waals surface area contributed by atoms with E-state index in [-0.39, 0.29) is 0 Å². The van der Waals surface area contributed by atoms with Crippen LogP contribution in [0.3, 0.4) is 0 Å². The third kappa shape index (κ3) is 3.17. The Morgan fingerprint density at radius 2 is 1.90 bits per heavy atom. The first-order valence-corrected chi connectivity index (χ1v) is 8.61. The van der Waals surface area contributed by atoms with Crippen molar-refractivity contribution < 1.29 is 0 Å². The first-order valence-electron chi connectivity index (χ1n) is 8.61. The van der Waals surface area contributed by atoms with Gasteiger partial charge in [-0.05, 0) is 68.6 Å². The predicted molar refractivity (Wildman–Crippen MR) is 89.6 cm³/mol. The predicted octanol–water partition coefficient (Wildman–Crippen LogP) is 3.61. The average Bonchev–Trinajstić information content (AvgIpc) is 2.39. The van der Waals surface area contributed by atoms with Crippen LogP contribution >= 0.6 is 0 Å². The van der Waals surface area contributed by atoms with Gasteiger partial charge in [0.05, 0.1) is 0 Å². The lowest BCUT2D eigenvalue weighted by Gasteiger charge is -2.45. The van der Waals surface area contributed by atoms with Gasteiger partial charge in [0.1, 0.15) is 0 Å². The van der Waals surface area contributed by atoms with Crippen LogP contribution in [0.4, 0.5) is 0 Å². The van der Waals surface area contributed by atoms with Gasteiger partial charge in [0.15, 0.2) is 0 Å². The summed E-state index contributed by atoms with van der Waals surface area (Å²) in [5, 5.41) is 0. The summed E-state index contributed by atoms with van der Waals surface area (Å²) in [6, 6.07) is 8.00. The zero-order chi connectivity index (χ0) is 15.0. The molecule has 1 aliphatic carbocycles. The van der Waals surface area contributed by atoms with E-state index in [9.17, 15) is 0 Å². The molecular formula is C19H30N2. The summed E-state index contributed by atoms with van der Waals surface area (Å²) in [7, 11) is 0. The van der Waals surface area contributed by atoms with Crippen LogP contribution in [-0.4, -0.2) is 30.1 Å². The summed E-state index contributed by atoms with van der Waals surface area (Å²) in [6.45, 7) is 9.10. The first kappa shape index (κ1) is 15.1. The summed E-state index contributed by atoms with van der Waals surface area (Å²) in [5.74, 6) is 1.52. The van der Waals surface area contributed by atoms with Gasteiger partial charge in [-0.3, -0.25) is 4.90 Å². The van der Waals surface area contributed by atoms with E-state index >= 15 is 0 Å². The number of nitrogens with zero attached hydrogens (tertiary/aromatic N) is 1. The Kier molecular flexibility index (Phi) is 4.37. The number of piperidine rings is 1. The van der Waals surface area contributed by atoms with Gasteiger partial charge < -0.3 is 5.73 Å². The Morgan fingerprint density at radius 1 is 1.14 bits per heavy atom. The van der Waals surface area contributed by atoms with Crippen molar-refractivity contribution in [3.63, 3.8) is 0 Å². The molecular weight excluding hydrogens is 256 g/mol. The molecule has 2 heteroatoms. The highest BCUT2D eigenvalue weighted by Gasteiger charge is 2.34. The zero-order valence-corrected chi connectivity index (χ0v) is 13.8.